The standard InChI is InChI=1S/C19H30O2S/c1-4-5-6-8-11-16-14-18(21-19(20-16)15(2)3)22-17-12-9-7-10-13-17/h7,9-10,12-13,15-16,18-19H,4-6,8,11,14H2,1-3H3/t16-,18?,19-/m0/s1. The maximum absolute atomic E-state index is 6.16. The third-order valence-electron chi connectivity index (χ3n) is 4.00. The van der Waals surface area contributed by atoms with Gasteiger partial charge < -0.3 is 9.47 Å². The highest BCUT2D eigenvalue weighted by molar-refractivity contribution is 7.99. The molecule has 1 aromatic rings. The van der Waals surface area contributed by atoms with Crippen LogP contribution >= 0.6 is 11.8 Å². The van der Waals surface area contributed by atoms with E-state index in [2.05, 4.69) is 51.1 Å². The topological polar surface area (TPSA) is 18.5 Å². The largest absolute Gasteiger partial charge is 0.349 e. The second kappa shape index (κ2) is 9.59. The fraction of sp³-hybridized carbons (Fsp3) is 0.684. The highest BCUT2D eigenvalue weighted by Crippen LogP contribution is 2.35. The lowest BCUT2D eigenvalue weighted by Gasteiger charge is -2.37. The van der Waals surface area contributed by atoms with Gasteiger partial charge in [0.05, 0.1) is 6.10 Å². The van der Waals surface area contributed by atoms with Gasteiger partial charge in [0, 0.05) is 17.2 Å². The van der Waals surface area contributed by atoms with E-state index in [1.54, 1.807) is 0 Å². The van der Waals surface area contributed by atoms with E-state index in [1.165, 1.54) is 37.0 Å². The Hall–Kier alpha value is -0.510. The Bertz CT molecular complexity index is 407. The van der Waals surface area contributed by atoms with E-state index in [1.807, 2.05) is 11.8 Å². The maximum atomic E-state index is 6.16. The molecule has 1 aliphatic heterocycles. The number of hydrogen-bond acceptors (Lipinski definition) is 3. The molecule has 0 radical (unpaired) electrons. The van der Waals surface area contributed by atoms with Crippen LogP contribution in [0, 0.1) is 5.92 Å². The molecule has 0 aromatic heterocycles. The summed E-state index contributed by atoms with van der Waals surface area (Å²) in [5.41, 5.74) is 0.208. The molecule has 2 rings (SSSR count). The van der Waals surface area contributed by atoms with E-state index < -0.39 is 0 Å². The van der Waals surface area contributed by atoms with Crippen molar-refractivity contribution in [1.29, 1.82) is 0 Å². The van der Waals surface area contributed by atoms with Gasteiger partial charge in [0.2, 0.25) is 0 Å². The van der Waals surface area contributed by atoms with Crippen LogP contribution in [-0.2, 0) is 9.47 Å². The van der Waals surface area contributed by atoms with Crippen molar-refractivity contribution in [3.05, 3.63) is 30.3 Å². The molecule has 1 aliphatic rings. The lowest BCUT2D eigenvalue weighted by Crippen LogP contribution is -2.39. The minimum Gasteiger partial charge on any atom is -0.349 e. The van der Waals surface area contributed by atoms with Gasteiger partial charge in [0.25, 0.3) is 0 Å². The van der Waals surface area contributed by atoms with Crippen molar-refractivity contribution in [2.75, 3.05) is 0 Å². The van der Waals surface area contributed by atoms with E-state index in [-0.39, 0.29) is 11.7 Å². The van der Waals surface area contributed by atoms with Crippen molar-refractivity contribution in [2.24, 2.45) is 5.92 Å². The molecule has 3 atom stereocenters. The molecule has 1 saturated heterocycles. The Balaban J connectivity index is 1.88. The maximum Gasteiger partial charge on any atom is 0.161 e. The summed E-state index contributed by atoms with van der Waals surface area (Å²) < 4.78 is 12.3. The van der Waals surface area contributed by atoms with Crippen LogP contribution in [0.15, 0.2) is 35.2 Å². The van der Waals surface area contributed by atoms with Gasteiger partial charge in [-0.1, -0.05) is 76.4 Å². The van der Waals surface area contributed by atoms with E-state index >= 15 is 0 Å². The second-order valence-electron chi connectivity index (χ2n) is 6.45. The van der Waals surface area contributed by atoms with E-state index in [0.29, 0.717) is 12.0 Å². The van der Waals surface area contributed by atoms with Gasteiger partial charge in [-0.2, -0.15) is 0 Å². The predicted octanol–water partition coefficient (Wildman–Crippen LogP) is 5.86. The lowest BCUT2D eigenvalue weighted by atomic mass is 10.1. The quantitative estimate of drug-likeness (QED) is 0.558. The highest BCUT2D eigenvalue weighted by Gasteiger charge is 2.32. The van der Waals surface area contributed by atoms with Crippen LogP contribution in [0.5, 0.6) is 0 Å². The summed E-state index contributed by atoms with van der Waals surface area (Å²) >= 11 is 1.83. The first-order valence-electron chi connectivity index (χ1n) is 8.71. The Morgan fingerprint density at radius 2 is 1.86 bits per heavy atom. The van der Waals surface area contributed by atoms with Crippen molar-refractivity contribution in [3.8, 4) is 0 Å². The number of hydrogen-bond donors (Lipinski definition) is 0. The minimum absolute atomic E-state index is 0.0638. The Morgan fingerprint density at radius 1 is 1.09 bits per heavy atom. The molecular weight excluding hydrogens is 292 g/mol. The fourth-order valence-corrected chi connectivity index (χ4v) is 3.82. The van der Waals surface area contributed by atoms with Gasteiger partial charge >= 0.3 is 0 Å². The van der Waals surface area contributed by atoms with Crippen LogP contribution in [-0.4, -0.2) is 17.8 Å². The predicted molar refractivity (Wildman–Crippen MR) is 94.0 cm³/mol. The van der Waals surface area contributed by atoms with E-state index in [0.717, 1.165) is 6.42 Å². The van der Waals surface area contributed by atoms with Crippen molar-refractivity contribution < 1.29 is 9.47 Å². The first-order valence-corrected chi connectivity index (χ1v) is 9.59. The zero-order valence-corrected chi connectivity index (χ0v) is 15.0. The summed E-state index contributed by atoms with van der Waals surface area (Å²) in [6.45, 7) is 6.61. The number of rotatable bonds is 8. The Labute approximate surface area is 140 Å². The number of thioether (sulfide) groups is 1. The highest BCUT2D eigenvalue weighted by atomic mass is 32.2. The Kier molecular flexibility index (Phi) is 7.77. The number of unbranched alkanes of at least 4 members (excludes halogenated alkanes) is 3. The van der Waals surface area contributed by atoms with Gasteiger partial charge in [0.1, 0.15) is 5.44 Å². The molecule has 0 bridgehead atoms. The molecule has 2 nitrogen and oxygen atoms in total. The average Bonchev–Trinajstić information content (AvgIpc) is 2.52. The minimum atomic E-state index is -0.0638. The van der Waals surface area contributed by atoms with Crippen molar-refractivity contribution in [2.45, 2.75) is 82.0 Å². The first-order chi connectivity index (χ1) is 10.7. The third kappa shape index (κ3) is 5.94. The van der Waals surface area contributed by atoms with Crippen LogP contribution < -0.4 is 0 Å². The van der Waals surface area contributed by atoms with Crippen LogP contribution in [0.2, 0.25) is 0 Å². The molecule has 0 spiro atoms. The van der Waals surface area contributed by atoms with E-state index in [9.17, 15) is 0 Å². The molecule has 3 heteroatoms. The average molecular weight is 323 g/mol. The number of ether oxygens (including phenoxy) is 2. The van der Waals surface area contributed by atoms with Crippen LogP contribution in [0.4, 0.5) is 0 Å². The van der Waals surface area contributed by atoms with E-state index in [4.69, 9.17) is 9.47 Å². The van der Waals surface area contributed by atoms with Gasteiger partial charge in [-0.25, -0.2) is 0 Å². The summed E-state index contributed by atoms with van der Waals surface area (Å²) in [6, 6.07) is 10.5. The molecule has 22 heavy (non-hydrogen) atoms. The Morgan fingerprint density at radius 3 is 2.55 bits per heavy atom. The van der Waals surface area contributed by atoms with Gasteiger partial charge in [-0.15, -0.1) is 0 Å². The molecule has 0 saturated carbocycles. The summed E-state index contributed by atoms with van der Waals surface area (Å²) in [5.74, 6) is 0.400. The SMILES string of the molecule is CCCCCC[C@H]1CC(Sc2ccccc2)O[C@@H](C(C)C)O1. The van der Waals surface area contributed by atoms with Crippen LogP contribution in [0.3, 0.4) is 0 Å². The summed E-state index contributed by atoms with van der Waals surface area (Å²) in [4.78, 5) is 1.28. The molecule has 0 N–H and O–H groups in total. The van der Waals surface area contributed by atoms with Crippen molar-refractivity contribution in [1.82, 2.24) is 0 Å². The zero-order valence-electron chi connectivity index (χ0n) is 14.2. The van der Waals surface area contributed by atoms with Gasteiger partial charge in [0.15, 0.2) is 6.29 Å². The number of benzene rings is 1. The molecule has 1 unspecified atom stereocenters. The summed E-state index contributed by atoms with van der Waals surface area (Å²) in [7, 11) is 0. The van der Waals surface area contributed by atoms with Crippen LogP contribution in [0.1, 0.15) is 59.3 Å². The second-order valence-corrected chi connectivity index (χ2v) is 7.68. The van der Waals surface area contributed by atoms with Gasteiger partial charge in [-0.3, -0.25) is 0 Å². The molecular formula is C19H30O2S. The molecule has 124 valence electrons. The van der Waals surface area contributed by atoms with Crippen molar-refractivity contribution >= 4 is 11.8 Å². The first kappa shape index (κ1) is 17.8. The molecule has 0 amide bonds. The normalized spacial score (nSPS) is 25.5. The lowest BCUT2D eigenvalue weighted by molar-refractivity contribution is -0.240. The zero-order chi connectivity index (χ0) is 15.8. The third-order valence-corrected chi connectivity index (χ3v) is 5.11. The molecule has 1 fully saturated rings. The molecule has 0 aliphatic carbocycles. The molecule has 1 aromatic carbocycles. The smallest absolute Gasteiger partial charge is 0.161 e. The van der Waals surface area contributed by atoms with Crippen LogP contribution in [0.25, 0.3) is 0 Å². The fourth-order valence-electron chi connectivity index (χ4n) is 2.72. The summed E-state index contributed by atoms with van der Waals surface area (Å²) in [6.07, 6.45) is 7.65. The molecule has 1 heterocycles. The summed E-state index contributed by atoms with van der Waals surface area (Å²) in [5, 5.41) is 0. The monoisotopic (exact) mass is 322 g/mol. The van der Waals surface area contributed by atoms with Crippen molar-refractivity contribution in [3.63, 3.8) is 0 Å². The van der Waals surface area contributed by atoms with Gasteiger partial charge in [-0.05, 0) is 18.6 Å².